The van der Waals surface area contributed by atoms with Gasteiger partial charge in [0.15, 0.2) is 17.4 Å². The number of nitrogens with zero attached hydrogens (tertiary/aromatic N) is 4. The molecule has 6 rings (SSSR count). The van der Waals surface area contributed by atoms with E-state index < -0.39 is 11.6 Å². The SMILES string of the molecule is CC(C)N1CCOc2c(F)cc(-c3nc(Nc4ccc5[nH]c(N6CCNCC6)cc5c4)ncc3F)cc21. The van der Waals surface area contributed by atoms with Gasteiger partial charge < -0.3 is 30.2 Å². The second-order valence-electron chi connectivity index (χ2n) is 9.65. The highest BCUT2D eigenvalue weighted by Crippen LogP contribution is 2.39. The van der Waals surface area contributed by atoms with Crippen LogP contribution in [0.15, 0.2) is 42.6 Å². The topological polar surface area (TPSA) is 81.3 Å². The van der Waals surface area contributed by atoms with E-state index in [1.807, 2.05) is 36.9 Å². The summed E-state index contributed by atoms with van der Waals surface area (Å²) >= 11 is 0. The van der Waals surface area contributed by atoms with Crippen LogP contribution in [-0.2, 0) is 0 Å². The van der Waals surface area contributed by atoms with Gasteiger partial charge >= 0.3 is 0 Å². The minimum Gasteiger partial charge on any atom is -0.486 e. The Morgan fingerprint density at radius 3 is 2.68 bits per heavy atom. The van der Waals surface area contributed by atoms with Gasteiger partial charge in [0.1, 0.15) is 18.1 Å². The quantitative estimate of drug-likeness (QED) is 0.364. The van der Waals surface area contributed by atoms with Gasteiger partial charge in [0, 0.05) is 54.4 Å². The van der Waals surface area contributed by atoms with Crippen LogP contribution in [0.1, 0.15) is 13.8 Å². The summed E-state index contributed by atoms with van der Waals surface area (Å²) in [6.07, 6.45) is 1.11. The standard InChI is InChI=1S/C27H29F2N7O/c1-16(2)36-9-10-37-26-20(28)12-18(13-23(26)36)25-21(29)15-31-27(34-25)32-19-3-4-22-17(11-19)14-24(33-22)35-7-5-30-6-8-35/h3-4,11-16,30,33H,5-10H2,1-2H3,(H,31,32,34). The summed E-state index contributed by atoms with van der Waals surface area (Å²) in [6, 6.07) is 11.2. The molecule has 2 aliphatic heterocycles. The number of anilines is 4. The Balaban J connectivity index is 1.30. The maximum absolute atomic E-state index is 15.0. The molecule has 10 heteroatoms. The van der Waals surface area contributed by atoms with Crippen molar-refractivity contribution in [2.24, 2.45) is 0 Å². The number of aromatic amines is 1. The number of halogens is 2. The molecule has 37 heavy (non-hydrogen) atoms. The Morgan fingerprint density at radius 2 is 1.86 bits per heavy atom. The molecule has 0 radical (unpaired) electrons. The van der Waals surface area contributed by atoms with Gasteiger partial charge in [-0.3, -0.25) is 0 Å². The molecule has 0 aliphatic carbocycles. The van der Waals surface area contributed by atoms with E-state index in [2.05, 4.69) is 36.6 Å². The number of fused-ring (bicyclic) bond motifs is 2. The Morgan fingerprint density at radius 1 is 1.03 bits per heavy atom. The van der Waals surface area contributed by atoms with Crippen molar-refractivity contribution in [3.8, 4) is 17.0 Å². The summed E-state index contributed by atoms with van der Waals surface area (Å²) in [5.74, 6) is 0.339. The number of piperazine rings is 1. The van der Waals surface area contributed by atoms with E-state index in [1.165, 1.54) is 6.07 Å². The minimum atomic E-state index is -0.625. The van der Waals surface area contributed by atoms with Gasteiger partial charge in [-0.15, -0.1) is 0 Å². The fraction of sp³-hybridized carbons (Fsp3) is 0.333. The van der Waals surface area contributed by atoms with Crippen LogP contribution >= 0.6 is 0 Å². The summed E-state index contributed by atoms with van der Waals surface area (Å²) < 4.78 is 35.4. The predicted octanol–water partition coefficient (Wildman–Crippen LogP) is 4.66. The molecule has 1 saturated heterocycles. The van der Waals surface area contributed by atoms with E-state index in [9.17, 15) is 8.78 Å². The van der Waals surface area contributed by atoms with Crippen LogP contribution in [0, 0.1) is 11.6 Å². The van der Waals surface area contributed by atoms with Crippen LogP contribution in [0.3, 0.4) is 0 Å². The molecule has 3 N–H and O–H groups in total. The third-order valence-electron chi connectivity index (χ3n) is 6.87. The second kappa shape index (κ2) is 9.51. The van der Waals surface area contributed by atoms with Gasteiger partial charge in [0.05, 0.1) is 18.4 Å². The highest BCUT2D eigenvalue weighted by Gasteiger charge is 2.25. The maximum Gasteiger partial charge on any atom is 0.227 e. The molecule has 0 bridgehead atoms. The molecule has 4 aromatic rings. The fourth-order valence-corrected chi connectivity index (χ4v) is 5.00. The molecule has 0 atom stereocenters. The number of H-pyrrole nitrogens is 1. The summed E-state index contributed by atoms with van der Waals surface area (Å²) in [6.45, 7) is 8.92. The summed E-state index contributed by atoms with van der Waals surface area (Å²) in [7, 11) is 0. The van der Waals surface area contributed by atoms with Crippen molar-refractivity contribution < 1.29 is 13.5 Å². The van der Waals surface area contributed by atoms with E-state index in [-0.39, 0.29) is 23.4 Å². The Bertz CT molecular complexity index is 1450. The lowest BCUT2D eigenvalue weighted by Gasteiger charge is -2.34. The van der Waals surface area contributed by atoms with E-state index in [0.29, 0.717) is 24.4 Å². The molecule has 8 nitrogen and oxygen atoms in total. The van der Waals surface area contributed by atoms with Crippen molar-refractivity contribution in [3.63, 3.8) is 0 Å². The molecule has 0 amide bonds. The van der Waals surface area contributed by atoms with Crippen LogP contribution < -0.4 is 25.2 Å². The maximum atomic E-state index is 15.0. The highest BCUT2D eigenvalue weighted by atomic mass is 19.1. The minimum absolute atomic E-state index is 0.0252. The number of ether oxygens (including phenoxy) is 1. The molecule has 0 unspecified atom stereocenters. The lowest BCUT2D eigenvalue weighted by molar-refractivity contribution is 0.287. The van der Waals surface area contributed by atoms with Gasteiger partial charge in [0.2, 0.25) is 5.95 Å². The molecule has 4 heterocycles. The first-order valence-corrected chi connectivity index (χ1v) is 12.6. The zero-order chi connectivity index (χ0) is 25.5. The van der Waals surface area contributed by atoms with Gasteiger partial charge in [-0.1, -0.05) is 0 Å². The Labute approximate surface area is 213 Å². The van der Waals surface area contributed by atoms with Gasteiger partial charge in [0.25, 0.3) is 0 Å². The highest BCUT2D eigenvalue weighted by molar-refractivity contribution is 5.87. The predicted molar refractivity (Wildman–Crippen MR) is 142 cm³/mol. The molecule has 0 saturated carbocycles. The van der Waals surface area contributed by atoms with Crippen molar-refractivity contribution in [3.05, 3.63) is 54.2 Å². The molecule has 2 aromatic heterocycles. The molecular weight excluding hydrogens is 476 g/mol. The monoisotopic (exact) mass is 505 g/mol. The number of hydrogen-bond acceptors (Lipinski definition) is 7. The van der Waals surface area contributed by atoms with Crippen molar-refractivity contribution >= 4 is 34.0 Å². The van der Waals surface area contributed by atoms with E-state index in [4.69, 9.17) is 4.74 Å². The zero-order valence-electron chi connectivity index (χ0n) is 20.8. The summed E-state index contributed by atoms with van der Waals surface area (Å²) in [5, 5.41) is 7.58. The van der Waals surface area contributed by atoms with Crippen LogP contribution in [0.5, 0.6) is 5.75 Å². The number of hydrogen-bond donors (Lipinski definition) is 3. The normalized spacial score (nSPS) is 15.7. The average Bonchev–Trinajstić information content (AvgIpc) is 3.33. The summed E-state index contributed by atoms with van der Waals surface area (Å²) in [4.78, 5) is 16.4. The Hall–Kier alpha value is -3.92. The molecular formula is C27H29F2N7O. The van der Waals surface area contributed by atoms with Crippen LogP contribution in [0.25, 0.3) is 22.2 Å². The molecule has 1 fully saturated rings. The number of rotatable bonds is 5. The van der Waals surface area contributed by atoms with Crippen molar-refractivity contribution in [1.82, 2.24) is 20.3 Å². The van der Waals surface area contributed by atoms with Gasteiger partial charge in [-0.05, 0) is 50.2 Å². The molecule has 2 aliphatic rings. The van der Waals surface area contributed by atoms with Gasteiger partial charge in [-0.25, -0.2) is 18.7 Å². The fourth-order valence-electron chi connectivity index (χ4n) is 5.00. The number of aromatic nitrogens is 3. The first-order valence-electron chi connectivity index (χ1n) is 12.6. The van der Waals surface area contributed by atoms with E-state index >= 15 is 0 Å². The molecule has 192 valence electrons. The smallest absolute Gasteiger partial charge is 0.227 e. The third-order valence-corrected chi connectivity index (χ3v) is 6.87. The lowest BCUT2D eigenvalue weighted by Crippen LogP contribution is -2.43. The number of benzene rings is 2. The van der Waals surface area contributed by atoms with E-state index in [0.717, 1.165) is 54.8 Å². The first-order chi connectivity index (χ1) is 18.0. The van der Waals surface area contributed by atoms with Crippen molar-refractivity contribution in [2.75, 3.05) is 54.4 Å². The van der Waals surface area contributed by atoms with Crippen molar-refractivity contribution in [1.29, 1.82) is 0 Å². The number of nitrogens with one attached hydrogen (secondary N) is 3. The third kappa shape index (κ3) is 4.53. The summed E-state index contributed by atoms with van der Waals surface area (Å²) in [5.41, 5.74) is 2.75. The van der Waals surface area contributed by atoms with Crippen LogP contribution in [0.4, 0.5) is 31.9 Å². The van der Waals surface area contributed by atoms with Crippen LogP contribution in [0.2, 0.25) is 0 Å². The second-order valence-corrected chi connectivity index (χ2v) is 9.65. The van der Waals surface area contributed by atoms with Crippen molar-refractivity contribution in [2.45, 2.75) is 19.9 Å². The van der Waals surface area contributed by atoms with E-state index in [1.54, 1.807) is 6.07 Å². The first kappa shape index (κ1) is 23.5. The Kier molecular flexibility index (Phi) is 6.03. The molecule has 0 spiro atoms. The lowest BCUT2D eigenvalue weighted by atomic mass is 10.1. The zero-order valence-corrected chi connectivity index (χ0v) is 20.8. The van der Waals surface area contributed by atoms with Crippen LogP contribution in [-0.4, -0.2) is 60.3 Å². The van der Waals surface area contributed by atoms with Gasteiger partial charge in [-0.2, -0.15) is 0 Å². The molecule has 2 aromatic carbocycles. The largest absolute Gasteiger partial charge is 0.486 e. The average molecular weight is 506 g/mol.